The monoisotopic (exact) mass is 342 g/mol. The number of aromatic nitrogens is 1. The van der Waals surface area contributed by atoms with E-state index in [2.05, 4.69) is 30.2 Å². The highest BCUT2D eigenvalue weighted by Crippen LogP contribution is 2.47. The normalized spacial score (nSPS) is 17.7. The lowest BCUT2D eigenvalue weighted by molar-refractivity contribution is 0.175. The Hall–Kier alpha value is -2.76. The highest BCUT2D eigenvalue weighted by Gasteiger charge is 2.40. The second-order valence-electron chi connectivity index (χ2n) is 6.86. The Kier molecular flexibility index (Phi) is 4.29. The van der Waals surface area contributed by atoms with Crippen LogP contribution >= 0.6 is 0 Å². The summed E-state index contributed by atoms with van der Waals surface area (Å²) in [6, 6.07) is 7.57. The number of ether oxygens (including phenoxy) is 2. The van der Waals surface area contributed by atoms with Crippen LogP contribution in [0.4, 0.5) is 4.79 Å². The van der Waals surface area contributed by atoms with E-state index in [0.29, 0.717) is 11.6 Å². The summed E-state index contributed by atoms with van der Waals surface area (Å²) >= 11 is 0. The molecular formula is C19H22N2O4. The zero-order chi connectivity index (χ0) is 18.2. The molecule has 3 rings (SSSR count). The molecule has 2 aromatic rings. The molecular weight excluding hydrogens is 320 g/mol. The third-order valence-electron chi connectivity index (χ3n) is 4.73. The fourth-order valence-corrected chi connectivity index (χ4v) is 3.62. The number of hydrogen-bond donors (Lipinski definition) is 2. The van der Waals surface area contributed by atoms with Crippen LogP contribution in [0.1, 0.15) is 31.0 Å². The number of carbonyl (C=O) groups is 1. The average Bonchev–Trinajstić information content (AvgIpc) is 2.82. The molecule has 132 valence electrons. The molecule has 0 fully saturated rings. The highest BCUT2D eigenvalue weighted by atomic mass is 16.5. The van der Waals surface area contributed by atoms with Crippen LogP contribution in [0.5, 0.6) is 11.6 Å². The molecule has 1 aromatic heterocycles. The first-order valence-corrected chi connectivity index (χ1v) is 8.07. The fourth-order valence-electron chi connectivity index (χ4n) is 3.62. The van der Waals surface area contributed by atoms with Crippen LogP contribution in [0.2, 0.25) is 0 Å². The van der Waals surface area contributed by atoms with E-state index < -0.39 is 6.09 Å². The van der Waals surface area contributed by atoms with Gasteiger partial charge in [0.1, 0.15) is 5.75 Å². The van der Waals surface area contributed by atoms with Crippen LogP contribution in [0.3, 0.4) is 0 Å². The first-order valence-electron chi connectivity index (χ1n) is 8.07. The Morgan fingerprint density at radius 1 is 1.28 bits per heavy atom. The second-order valence-corrected chi connectivity index (χ2v) is 6.86. The van der Waals surface area contributed by atoms with Crippen molar-refractivity contribution < 1.29 is 19.4 Å². The van der Waals surface area contributed by atoms with Gasteiger partial charge in [0.05, 0.1) is 25.8 Å². The molecule has 6 nitrogen and oxygen atoms in total. The molecule has 1 aliphatic carbocycles. The minimum atomic E-state index is -1.01. The summed E-state index contributed by atoms with van der Waals surface area (Å²) in [6.07, 6.45) is 1.42. The zero-order valence-electron chi connectivity index (χ0n) is 14.8. The molecule has 0 saturated heterocycles. The molecule has 1 heterocycles. The topological polar surface area (TPSA) is 80.7 Å². The van der Waals surface area contributed by atoms with Gasteiger partial charge in [0.15, 0.2) is 0 Å². The van der Waals surface area contributed by atoms with Gasteiger partial charge in [-0.1, -0.05) is 32.0 Å². The number of pyridine rings is 1. The summed E-state index contributed by atoms with van der Waals surface area (Å²) in [6.45, 7) is 4.14. The van der Waals surface area contributed by atoms with Crippen molar-refractivity contribution in [1.82, 2.24) is 10.3 Å². The summed E-state index contributed by atoms with van der Waals surface area (Å²) in [7, 11) is 3.19. The van der Waals surface area contributed by atoms with Crippen LogP contribution in [0.15, 0.2) is 30.5 Å². The van der Waals surface area contributed by atoms with E-state index in [4.69, 9.17) is 14.6 Å². The maximum absolute atomic E-state index is 11.2. The zero-order valence-corrected chi connectivity index (χ0v) is 14.8. The first-order chi connectivity index (χ1) is 11.9. The average molecular weight is 342 g/mol. The van der Waals surface area contributed by atoms with Crippen LogP contribution < -0.4 is 14.8 Å². The molecule has 1 aliphatic rings. The van der Waals surface area contributed by atoms with Gasteiger partial charge in [-0.25, -0.2) is 9.78 Å². The van der Waals surface area contributed by atoms with Gasteiger partial charge in [-0.15, -0.1) is 0 Å². The Balaban J connectivity index is 2.09. The molecule has 25 heavy (non-hydrogen) atoms. The van der Waals surface area contributed by atoms with Gasteiger partial charge >= 0.3 is 6.09 Å². The second kappa shape index (κ2) is 6.27. The lowest BCUT2D eigenvalue weighted by Crippen LogP contribution is -2.34. The van der Waals surface area contributed by atoms with Crippen molar-refractivity contribution in [1.29, 1.82) is 0 Å². The quantitative estimate of drug-likeness (QED) is 0.886. The van der Waals surface area contributed by atoms with Crippen LogP contribution in [-0.2, 0) is 6.42 Å². The molecule has 1 amide bonds. The van der Waals surface area contributed by atoms with Gasteiger partial charge in [-0.3, -0.25) is 0 Å². The fraction of sp³-hybridized carbons (Fsp3) is 0.368. The summed E-state index contributed by atoms with van der Waals surface area (Å²) in [5, 5.41) is 11.8. The smallest absolute Gasteiger partial charge is 0.405 e. The van der Waals surface area contributed by atoms with Gasteiger partial charge in [-0.05, 0) is 34.6 Å². The summed E-state index contributed by atoms with van der Waals surface area (Å²) in [5.74, 6) is 1.18. The molecule has 1 atom stereocenters. The Bertz CT molecular complexity index is 795. The minimum Gasteiger partial charge on any atom is -0.496 e. The number of fused-ring (bicyclic) bond motifs is 1. The van der Waals surface area contributed by atoms with E-state index in [0.717, 1.165) is 28.7 Å². The molecule has 0 aliphatic heterocycles. The van der Waals surface area contributed by atoms with Crippen molar-refractivity contribution in [2.75, 3.05) is 14.2 Å². The molecule has 2 N–H and O–H groups in total. The van der Waals surface area contributed by atoms with Crippen molar-refractivity contribution >= 4 is 6.09 Å². The molecule has 0 bridgehead atoms. The number of nitrogens with zero attached hydrogens (tertiary/aromatic N) is 1. The van der Waals surface area contributed by atoms with Crippen LogP contribution in [0, 0.1) is 5.41 Å². The number of hydrogen-bond acceptors (Lipinski definition) is 4. The van der Waals surface area contributed by atoms with Gasteiger partial charge < -0.3 is 19.9 Å². The van der Waals surface area contributed by atoms with E-state index in [-0.39, 0.29) is 11.5 Å². The summed E-state index contributed by atoms with van der Waals surface area (Å²) in [4.78, 5) is 15.4. The number of methoxy groups -OCH3 is 2. The Labute approximate surface area is 146 Å². The summed E-state index contributed by atoms with van der Waals surface area (Å²) in [5.41, 5.74) is 3.67. The largest absolute Gasteiger partial charge is 0.496 e. The molecule has 0 radical (unpaired) electrons. The standard InChI is InChI=1S/C19H22N2O4/c1-19(2)10-12-9-11(5-6-13(12)16(19)21-18(22)23)15-14(24-3)7-8-20-17(15)25-4/h5-9,16,21H,10H2,1-4H3,(H,22,23). The maximum atomic E-state index is 11.2. The number of amides is 1. The highest BCUT2D eigenvalue weighted by molar-refractivity contribution is 5.76. The van der Waals surface area contributed by atoms with E-state index in [1.165, 1.54) is 0 Å². The third-order valence-corrected chi connectivity index (χ3v) is 4.73. The molecule has 0 spiro atoms. The maximum Gasteiger partial charge on any atom is 0.405 e. The van der Waals surface area contributed by atoms with Gasteiger partial charge in [0.2, 0.25) is 5.88 Å². The van der Waals surface area contributed by atoms with Crippen LogP contribution in [0.25, 0.3) is 11.1 Å². The van der Waals surface area contributed by atoms with Gasteiger partial charge in [-0.2, -0.15) is 0 Å². The predicted octanol–water partition coefficient (Wildman–Crippen LogP) is 3.66. The van der Waals surface area contributed by atoms with Crippen LogP contribution in [-0.4, -0.2) is 30.4 Å². The Morgan fingerprint density at radius 2 is 2.04 bits per heavy atom. The van der Waals surface area contributed by atoms with Crippen molar-refractivity contribution in [3.63, 3.8) is 0 Å². The van der Waals surface area contributed by atoms with Crippen molar-refractivity contribution in [2.45, 2.75) is 26.3 Å². The van der Waals surface area contributed by atoms with Crippen molar-refractivity contribution in [3.05, 3.63) is 41.6 Å². The predicted molar refractivity (Wildman–Crippen MR) is 94.2 cm³/mol. The first kappa shape index (κ1) is 17.1. The van der Waals surface area contributed by atoms with E-state index in [1.807, 2.05) is 12.1 Å². The molecule has 6 heteroatoms. The molecule has 0 saturated carbocycles. The van der Waals surface area contributed by atoms with Crippen molar-refractivity contribution in [3.8, 4) is 22.8 Å². The van der Waals surface area contributed by atoms with E-state index in [9.17, 15) is 4.79 Å². The SMILES string of the molecule is COc1ccnc(OC)c1-c1ccc2c(c1)CC(C)(C)C2NC(=O)O. The number of nitrogens with one attached hydrogen (secondary N) is 1. The third kappa shape index (κ3) is 2.99. The molecule has 1 unspecified atom stereocenters. The van der Waals surface area contributed by atoms with Crippen molar-refractivity contribution in [2.24, 2.45) is 5.41 Å². The van der Waals surface area contributed by atoms with E-state index >= 15 is 0 Å². The summed E-state index contributed by atoms with van der Waals surface area (Å²) < 4.78 is 10.9. The lowest BCUT2D eigenvalue weighted by atomic mass is 9.85. The van der Waals surface area contributed by atoms with E-state index in [1.54, 1.807) is 26.5 Å². The number of benzene rings is 1. The number of carboxylic acid groups (broad SMARTS) is 1. The van der Waals surface area contributed by atoms with Gasteiger partial charge in [0.25, 0.3) is 0 Å². The Morgan fingerprint density at radius 3 is 2.68 bits per heavy atom. The van der Waals surface area contributed by atoms with Gasteiger partial charge in [0, 0.05) is 6.20 Å². The minimum absolute atomic E-state index is 0.192. The molecule has 1 aromatic carbocycles. The number of rotatable bonds is 4. The lowest BCUT2D eigenvalue weighted by Gasteiger charge is -2.27.